The first-order valence-corrected chi connectivity index (χ1v) is 43.2. The smallest absolute Gasteiger partial charge is 0.462 e. The van der Waals surface area contributed by atoms with E-state index in [0.717, 1.165) is 114 Å². The first-order chi connectivity index (χ1) is 46.6. The average Bonchev–Trinajstić information content (AvgIpc) is 1.69. The lowest BCUT2D eigenvalue weighted by Crippen LogP contribution is -2.30. The van der Waals surface area contributed by atoms with Crippen molar-refractivity contribution in [1.82, 2.24) is 0 Å². The lowest BCUT2D eigenvalue weighted by atomic mass is 10.0. The molecule has 0 rings (SSSR count). The van der Waals surface area contributed by atoms with Gasteiger partial charge >= 0.3 is 39.5 Å². The summed E-state index contributed by atoms with van der Waals surface area (Å²) in [4.78, 5) is 72.9. The lowest BCUT2D eigenvalue weighted by molar-refractivity contribution is -0.161. The minimum absolute atomic E-state index is 0.107. The molecular formula is C78H152O17P2. The normalized spacial score (nSPS) is 14.1. The summed E-state index contributed by atoms with van der Waals surface area (Å²) in [6.07, 6.45) is 52.8. The van der Waals surface area contributed by atoms with Crippen LogP contribution >= 0.6 is 15.6 Å². The number of hydrogen-bond donors (Lipinski definition) is 3. The van der Waals surface area contributed by atoms with Gasteiger partial charge in [-0.2, -0.15) is 0 Å². The van der Waals surface area contributed by atoms with Crippen molar-refractivity contribution < 1.29 is 80.2 Å². The second-order valence-corrected chi connectivity index (χ2v) is 32.9. The van der Waals surface area contributed by atoms with E-state index >= 15 is 0 Å². The van der Waals surface area contributed by atoms with Crippen LogP contribution in [0.2, 0.25) is 0 Å². The molecule has 19 heteroatoms. The molecule has 17 nitrogen and oxygen atoms in total. The molecule has 0 aromatic rings. The van der Waals surface area contributed by atoms with Crippen molar-refractivity contribution >= 4 is 39.5 Å². The second-order valence-electron chi connectivity index (χ2n) is 30.0. The number of esters is 4. The van der Waals surface area contributed by atoms with Crippen molar-refractivity contribution in [2.75, 3.05) is 39.6 Å². The van der Waals surface area contributed by atoms with Crippen LogP contribution in [-0.2, 0) is 65.4 Å². The van der Waals surface area contributed by atoms with Crippen molar-refractivity contribution in [1.29, 1.82) is 0 Å². The Morgan fingerprint density at radius 3 is 0.639 bits per heavy atom. The highest BCUT2D eigenvalue weighted by atomic mass is 31.2. The molecule has 0 amide bonds. The van der Waals surface area contributed by atoms with E-state index in [9.17, 15) is 43.2 Å². The van der Waals surface area contributed by atoms with Gasteiger partial charge in [0.1, 0.15) is 19.3 Å². The SMILES string of the molecule is CC(C)CCCCCCCCCCCCCCCCCC(=O)O[C@H](COC(=O)CCCCCCCCCC(C)C)COP(=O)(O)OCC(O)COP(=O)(O)OC[C@@H](COC(=O)CCCCCCCCCCCCC(C)C)OC(=O)CCCCCCCCCCCCCCCC(C)C. The highest BCUT2D eigenvalue weighted by molar-refractivity contribution is 7.47. The monoisotopic (exact) mass is 1420 g/mol. The average molecular weight is 1420 g/mol. The molecule has 0 radical (unpaired) electrons. The van der Waals surface area contributed by atoms with Crippen molar-refractivity contribution in [3.05, 3.63) is 0 Å². The van der Waals surface area contributed by atoms with Crippen molar-refractivity contribution in [3.63, 3.8) is 0 Å². The third-order valence-corrected chi connectivity index (χ3v) is 20.0. The first-order valence-electron chi connectivity index (χ1n) is 40.2. The third kappa shape index (κ3) is 72.2. The maximum absolute atomic E-state index is 13.1. The largest absolute Gasteiger partial charge is 0.472 e. The Balaban J connectivity index is 5.24. The van der Waals surface area contributed by atoms with Crippen LogP contribution in [0.3, 0.4) is 0 Å². The molecule has 0 spiro atoms. The van der Waals surface area contributed by atoms with Gasteiger partial charge in [0.05, 0.1) is 26.4 Å². The predicted molar refractivity (Wildman–Crippen MR) is 395 cm³/mol. The van der Waals surface area contributed by atoms with E-state index < -0.39 is 97.5 Å². The van der Waals surface area contributed by atoms with Gasteiger partial charge in [0.15, 0.2) is 12.2 Å². The maximum Gasteiger partial charge on any atom is 0.472 e. The summed E-state index contributed by atoms with van der Waals surface area (Å²) in [6, 6.07) is 0. The Hall–Kier alpha value is -1.94. The van der Waals surface area contributed by atoms with E-state index in [0.29, 0.717) is 31.6 Å². The van der Waals surface area contributed by atoms with Gasteiger partial charge in [-0.1, -0.05) is 344 Å². The molecule has 0 aliphatic carbocycles. The zero-order valence-electron chi connectivity index (χ0n) is 63.7. The Morgan fingerprint density at radius 1 is 0.258 bits per heavy atom. The van der Waals surface area contributed by atoms with Crippen LogP contribution < -0.4 is 0 Å². The zero-order chi connectivity index (χ0) is 71.7. The highest BCUT2D eigenvalue weighted by Crippen LogP contribution is 2.45. The number of rotatable bonds is 75. The van der Waals surface area contributed by atoms with Gasteiger partial charge < -0.3 is 33.8 Å². The summed E-state index contributed by atoms with van der Waals surface area (Å²) in [5, 5.41) is 10.6. The third-order valence-electron chi connectivity index (χ3n) is 18.1. The van der Waals surface area contributed by atoms with Crippen LogP contribution in [0.15, 0.2) is 0 Å². The molecule has 576 valence electrons. The number of phosphoric ester groups is 2. The fraction of sp³-hybridized carbons (Fsp3) is 0.949. The summed E-state index contributed by atoms with van der Waals surface area (Å²) >= 11 is 0. The molecular weight excluding hydrogens is 1270 g/mol. The number of hydrogen-bond acceptors (Lipinski definition) is 15. The van der Waals surface area contributed by atoms with E-state index in [4.69, 9.17) is 37.0 Å². The van der Waals surface area contributed by atoms with Crippen molar-refractivity contribution in [2.45, 2.75) is 414 Å². The van der Waals surface area contributed by atoms with Gasteiger partial charge in [0.2, 0.25) is 0 Å². The van der Waals surface area contributed by atoms with E-state index in [2.05, 4.69) is 55.4 Å². The summed E-state index contributed by atoms with van der Waals surface area (Å²) in [6.45, 7) is 14.2. The quantitative estimate of drug-likeness (QED) is 0.0222. The lowest BCUT2D eigenvalue weighted by Gasteiger charge is -2.21. The molecule has 0 saturated carbocycles. The van der Waals surface area contributed by atoms with Gasteiger partial charge in [-0.25, -0.2) is 9.13 Å². The van der Waals surface area contributed by atoms with Gasteiger partial charge in [-0.05, 0) is 49.4 Å². The van der Waals surface area contributed by atoms with Gasteiger partial charge in [0.25, 0.3) is 0 Å². The molecule has 0 fully saturated rings. The minimum Gasteiger partial charge on any atom is -0.462 e. The number of carbonyl (C=O) groups is 4. The summed E-state index contributed by atoms with van der Waals surface area (Å²) in [7, 11) is -9.92. The predicted octanol–water partition coefficient (Wildman–Crippen LogP) is 22.8. The van der Waals surface area contributed by atoms with E-state index in [1.165, 1.54) is 193 Å². The number of ether oxygens (including phenoxy) is 4. The Morgan fingerprint density at radius 2 is 0.433 bits per heavy atom. The fourth-order valence-corrected chi connectivity index (χ4v) is 13.5. The van der Waals surface area contributed by atoms with Crippen LogP contribution in [0.25, 0.3) is 0 Å². The molecule has 0 saturated heterocycles. The molecule has 3 unspecified atom stereocenters. The van der Waals surface area contributed by atoms with Gasteiger partial charge in [-0.15, -0.1) is 0 Å². The summed E-state index contributed by atoms with van der Waals surface area (Å²) in [5.74, 6) is 0.934. The van der Waals surface area contributed by atoms with Crippen LogP contribution in [0.5, 0.6) is 0 Å². The Bertz CT molecular complexity index is 1900. The van der Waals surface area contributed by atoms with Crippen LogP contribution in [-0.4, -0.2) is 96.7 Å². The first kappa shape index (κ1) is 95.1. The minimum atomic E-state index is -4.96. The van der Waals surface area contributed by atoms with Crippen molar-refractivity contribution in [2.24, 2.45) is 23.7 Å². The molecule has 3 N–H and O–H groups in total. The van der Waals surface area contributed by atoms with Gasteiger partial charge in [-0.3, -0.25) is 37.3 Å². The molecule has 0 aliphatic rings. The molecule has 5 atom stereocenters. The number of aliphatic hydroxyl groups is 1. The van der Waals surface area contributed by atoms with Crippen LogP contribution in [0.4, 0.5) is 0 Å². The fourth-order valence-electron chi connectivity index (χ4n) is 11.9. The molecule has 97 heavy (non-hydrogen) atoms. The molecule has 0 aromatic carbocycles. The highest BCUT2D eigenvalue weighted by Gasteiger charge is 2.30. The van der Waals surface area contributed by atoms with Crippen LogP contribution in [0.1, 0.15) is 396 Å². The number of phosphoric acid groups is 2. The number of carbonyl (C=O) groups excluding carboxylic acids is 4. The maximum atomic E-state index is 13.1. The molecule has 0 aliphatic heterocycles. The second kappa shape index (κ2) is 67.2. The van der Waals surface area contributed by atoms with Crippen molar-refractivity contribution in [3.8, 4) is 0 Å². The molecule has 0 bridgehead atoms. The summed E-state index contributed by atoms with van der Waals surface area (Å²) in [5.41, 5.74) is 0. The number of aliphatic hydroxyl groups excluding tert-OH is 1. The molecule has 0 aromatic heterocycles. The van der Waals surface area contributed by atoms with E-state index in [1.807, 2.05) is 0 Å². The van der Waals surface area contributed by atoms with E-state index in [-0.39, 0.29) is 25.7 Å². The van der Waals surface area contributed by atoms with Crippen LogP contribution in [0, 0.1) is 23.7 Å². The topological polar surface area (TPSA) is 237 Å². The number of unbranched alkanes of at least 4 members (excludes halogenated alkanes) is 41. The summed E-state index contributed by atoms with van der Waals surface area (Å²) < 4.78 is 68.6. The zero-order valence-corrected chi connectivity index (χ0v) is 65.5. The molecule has 0 heterocycles. The Kier molecular flexibility index (Phi) is 65.9. The Labute approximate surface area is 594 Å². The standard InChI is InChI=1S/C78H152O17P2/c1-68(2)54-46-38-30-23-17-13-10-9-11-15-19-27-35-44-52-60-78(83)95-74(65-89-76(81)59-51-43-37-29-33-41-49-57-71(7)8)67-93-97(86,87)91-63-72(79)62-90-96(84,85)92-66-73(64-88-75(80)58-50-42-34-26-22-21-25-32-40-48-56-70(5)6)94-77(82)61-53-45-36-28-20-16-12-14-18-24-31-39-47-55-69(3)4/h68-74,79H,9-67H2,1-8H3,(H,84,85)(H,86,87)/t72?,73-,74-/m1/s1. The van der Waals surface area contributed by atoms with E-state index in [1.54, 1.807) is 0 Å². The van der Waals surface area contributed by atoms with Gasteiger partial charge in [0, 0.05) is 25.7 Å².